The van der Waals surface area contributed by atoms with E-state index in [1.165, 1.54) is 44.9 Å². The van der Waals surface area contributed by atoms with Gasteiger partial charge in [0.2, 0.25) is 0 Å². The highest BCUT2D eigenvalue weighted by molar-refractivity contribution is 5.26. The van der Waals surface area contributed by atoms with Crippen LogP contribution in [0, 0.1) is 28.6 Å². The molecular formula is C21H32O2. The zero-order chi connectivity index (χ0) is 15.9. The normalized spacial score (nSPS) is 58.0. The Bertz CT molecular complexity index is 548. The van der Waals surface area contributed by atoms with E-state index in [4.69, 9.17) is 4.74 Å². The third kappa shape index (κ3) is 1.73. The molecule has 1 heterocycles. The summed E-state index contributed by atoms with van der Waals surface area (Å²) in [5, 5.41) is 10.1. The van der Waals surface area contributed by atoms with Crippen LogP contribution in [-0.4, -0.2) is 23.4 Å². The van der Waals surface area contributed by atoms with Crippen LogP contribution in [0.15, 0.2) is 11.6 Å². The van der Waals surface area contributed by atoms with E-state index in [2.05, 4.69) is 19.9 Å². The van der Waals surface area contributed by atoms with Gasteiger partial charge in [-0.3, -0.25) is 0 Å². The number of rotatable bonds is 0. The molecule has 1 N–H and O–H groups in total. The number of hydrogen-bond acceptors (Lipinski definition) is 2. The summed E-state index contributed by atoms with van der Waals surface area (Å²) in [5.41, 5.74) is 2.65. The molecule has 4 fully saturated rings. The molecule has 0 bridgehead atoms. The number of fused-ring (bicyclic) bond motifs is 6. The van der Waals surface area contributed by atoms with Crippen molar-refractivity contribution in [2.75, 3.05) is 6.61 Å². The van der Waals surface area contributed by atoms with E-state index in [0.29, 0.717) is 10.8 Å². The Balaban J connectivity index is 1.49. The van der Waals surface area contributed by atoms with Gasteiger partial charge >= 0.3 is 0 Å². The molecule has 4 aliphatic carbocycles. The topological polar surface area (TPSA) is 29.5 Å². The molecule has 7 atom stereocenters. The molecule has 0 radical (unpaired) electrons. The van der Waals surface area contributed by atoms with Crippen LogP contribution in [0.25, 0.3) is 0 Å². The smallest absolute Gasteiger partial charge is 0.0760 e. The van der Waals surface area contributed by atoms with E-state index < -0.39 is 0 Å². The van der Waals surface area contributed by atoms with Gasteiger partial charge in [-0.05, 0) is 80.0 Å². The maximum Gasteiger partial charge on any atom is 0.0760 e. The lowest BCUT2D eigenvalue weighted by Gasteiger charge is -2.61. The molecule has 5 aliphatic rings. The first-order valence-electron chi connectivity index (χ1n) is 10.0. The van der Waals surface area contributed by atoms with Crippen molar-refractivity contribution in [1.29, 1.82) is 0 Å². The predicted molar refractivity (Wildman–Crippen MR) is 91.0 cm³/mol. The summed E-state index contributed by atoms with van der Waals surface area (Å²) in [7, 11) is 0. The van der Waals surface area contributed by atoms with Crippen LogP contribution in [0.2, 0.25) is 0 Å². The quantitative estimate of drug-likeness (QED) is 0.668. The second-order valence-electron chi connectivity index (χ2n) is 9.74. The SMILES string of the molecule is C[C@]12CC[C@H](O)CC1=CC[C@@H]1[C@H]3CC[C@@]4(CCO4)[C@@]3(C)CC[C@@H]12. The number of allylic oxidation sites excluding steroid dienone is 1. The van der Waals surface area contributed by atoms with Gasteiger partial charge in [-0.2, -0.15) is 0 Å². The van der Waals surface area contributed by atoms with Gasteiger partial charge < -0.3 is 9.84 Å². The molecule has 2 heteroatoms. The lowest BCUT2D eigenvalue weighted by molar-refractivity contribution is -0.225. The average Bonchev–Trinajstić information content (AvgIpc) is 2.81. The minimum absolute atomic E-state index is 0.0853. The standard InChI is InChI=1S/C21H32O2/c1-19-8-5-15(22)13-14(19)3-4-16-17(19)6-9-20(2)18(16)7-10-21(20)11-12-23-21/h3,15-18,22H,4-13H2,1-2H3/t15-,16-,17-,18+,19-,20-,21+/m0/s1. The van der Waals surface area contributed by atoms with E-state index in [0.717, 1.165) is 37.2 Å². The number of aliphatic hydroxyl groups excluding tert-OH is 1. The van der Waals surface area contributed by atoms with Gasteiger partial charge in [0.1, 0.15) is 0 Å². The van der Waals surface area contributed by atoms with Crippen LogP contribution in [0.1, 0.15) is 71.6 Å². The Labute approximate surface area is 140 Å². The van der Waals surface area contributed by atoms with Crippen LogP contribution in [0.5, 0.6) is 0 Å². The molecule has 1 saturated heterocycles. The summed E-state index contributed by atoms with van der Waals surface area (Å²) < 4.78 is 6.23. The van der Waals surface area contributed by atoms with Crippen molar-refractivity contribution < 1.29 is 9.84 Å². The first-order chi connectivity index (χ1) is 11.0. The lowest BCUT2D eigenvalue weighted by atomic mass is 9.46. The van der Waals surface area contributed by atoms with Crippen molar-refractivity contribution in [3.63, 3.8) is 0 Å². The maximum absolute atomic E-state index is 10.1. The summed E-state index contributed by atoms with van der Waals surface area (Å²) in [6.07, 6.45) is 13.6. The van der Waals surface area contributed by atoms with Crippen molar-refractivity contribution in [3.8, 4) is 0 Å². The second-order valence-corrected chi connectivity index (χ2v) is 9.74. The van der Waals surface area contributed by atoms with E-state index in [1.807, 2.05) is 0 Å². The molecule has 23 heavy (non-hydrogen) atoms. The maximum atomic E-state index is 10.1. The minimum atomic E-state index is -0.0853. The second kappa shape index (κ2) is 4.64. The number of ether oxygens (including phenoxy) is 1. The molecule has 0 aromatic rings. The fourth-order valence-electron chi connectivity index (χ4n) is 7.73. The van der Waals surface area contributed by atoms with E-state index in [9.17, 15) is 5.11 Å². The zero-order valence-corrected chi connectivity index (χ0v) is 14.8. The molecule has 5 rings (SSSR count). The van der Waals surface area contributed by atoms with Crippen LogP contribution < -0.4 is 0 Å². The molecule has 0 aromatic carbocycles. The summed E-state index contributed by atoms with van der Waals surface area (Å²) in [6.45, 7) is 6.08. The Hall–Kier alpha value is -0.340. The molecule has 2 nitrogen and oxygen atoms in total. The Morgan fingerprint density at radius 2 is 1.83 bits per heavy atom. The lowest BCUT2D eigenvalue weighted by Crippen LogP contribution is -2.59. The van der Waals surface area contributed by atoms with Gasteiger partial charge in [-0.25, -0.2) is 0 Å². The van der Waals surface area contributed by atoms with Crippen LogP contribution in [0.4, 0.5) is 0 Å². The summed E-state index contributed by atoms with van der Waals surface area (Å²) in [6, 6.07) is 0. The van der Waals surface area contributed by atoms with Crippen LogP contribution in [-0.2, 0) is 4.74 Å². The van der Waals surface area contributed by atoms with Crippen molar-refractivity contribution in [3.05, 3.63) is 11.6 Å². The van der Waals surface area contributed by atoms with Crippen molar-refractivity contribution in [2.24, 2.45) is 28.6 Å². The van der Waals surface area contributed by atoms with Crippen molar-refractivity contribution in [2.45, 2.75) is 83.3 Å². The largest absolute Gasteiger partial charge is 0.393 e. The molecular weight excluding hydrogens is 284 g/mol. The van der Waals surface area contributed by atoms with Crippen molar-refractivity contribution >= 4 is 0 Å². The molecule has 0 aromatic heterocycles. The summed E-state index contributed by atoms with van der Waals surface area (Å²) in [5.74, 6) is 2.58. The highest BCUT2D eigenvalue weighted by Gasteiger charge is 2.66. The molecule has 1 spiro atoms. The van der Waals surface area contributed by atoms with E-state index in [1.54, 1.807) is 5.57 Å². The number of aliphatic hydroxyl groups is 1. The minimum Gasteiger partial charge on any atom is -0.393 e. The monoisotopic (exact) mass is 316 g/mol. The number of hydrogen-bond donors (Lipinski definition) is 1. The summed E-state index contributed by atoms with van der Waals surface area (Å²) in [4.78, 5) is 0. The van der Waals surface area contributed by atoms with Gasteiger partial charge in [-0.15, -0.1) is 0 Å². The van der Waals surface area contributed by atoms with Crippen LogP contribution >= 0.6 is 0 Å². The van der Waals surface area contributed by atoms with Gasteiger partial charge in [0.25, 0.3) is 0 Å². The first-order valence-corrected chi connectivity index (χ1v) is 10.0. The van der Waals surface area contributed by atoms with Crippen molar-refractivity contribution in [1.82, 2.24) is 0 Å². The Morgan fingerprint density at radius 3 is 2.57 bits per heavy atom. The third-order valence-corrected chi connectivity index (χ3v) is 9.25. The fourth-order valence-corrected chi connectivity index (χ4v) is 7.73. The molecule has 128 valence electrons. The molecule has 1 aliphatic heterocycles. The highest BCUT2D eigenvalue weighted by atomic mass is 16.5. The summed E-state index contributed by atoms with van der Waals surface area (Å²) >= 11 is 0. The Morgan fingerprint density at radius 1 is 1.04 bits per heavy atom. The van der Waals surface area contributed by atoms with Crippen LogP contribution in [0.3, 0.4) is 0 Å². The molecule has 0 amide bonds. The first kappa shape index (κ1) is 15.0. The van der Waals surface area contributed by atoms with E-state index >= 15 is 0 Å². The third-order valence-electron chi connectivity index (χ3n) is 9.25. The fraction of sp³-hybridized carbons (Fsp3) is 0.905. The Kier molecular flexibility index (Phi) is 3.01. The van der Waals surface area contributed by atoms with Gasteiger partial charge in [0, 0.05) is 6.42 Å². The molecule has 0 unspecified atom stereocenters. The molecule has 3 saturated carbocycles. The highest BCUT2D eigenvalue weighted by Crippen LogP contribution is 2.69. The average molecular weight is 316 g/mol. The van der Waals surface area contributed by atoms with Gasteiger partial charge in [-0.1, -0.05) is 25.5 Å². The van der Waals surface area contributed by atoms with E-state index in [-0.39, 0.29) is 11.7 Å². The van der Waals surface area contributed by atoms with Gasteiger partial charge in [0.15, 0.2) is 0 Å². The predicted octanol–water partition coefficient (Wildman–Crippen LogP) is 4.47. The van der Waals surface area contributed by atoms with Gasteiger partial charge in [0.05, 0.1) is 18.3 Å². The zero-order valence-electron chi connectivity index (χ0n) is 14.8.